The van der Waals surface area contributed by atoms with Crippen molar-refractivity contribution in [2.24, 2.45) is 7.05 Å². The lowest BCUT2D eigenvalue weighted by Crippen LogP contribution is -2.16. The number of imidazole rings is 2. The number of alkyl halides is 3. The summed E-state index contributed by atoms with van der Waals surface area (Å²) in [5.41, 5.74) is 4.19. The van der Waals surface area contributed by atoms with Gasteiger partial charge >= 0.3 is 6.18 Å². The van der Waals surface area contributed by atoms with E-state index >= 15 is 0 Å². The molecule has 2 aromatic carbocycles. The van der Waals surface area contributed by atoms with Crippen molar-refractivity contribution in [3.63, 3.8) is 0 Å². The van der Waals surface area contributed by atoms with Gasteiger partial charge in [0.15, 0.2) is 17.2 Å². The molecule has 3 aromatic heterocycles. The molecule has 0 aliphatic carbocycles. The fourth-order valence-electron chi connectivity index (χ4n) is 4.54. The van der Waals surface area contributed by atoms with Gasteiger partial charge in [0.1, 0.15) is 11.3 Å². The van der Waals surface area contributed by atoms with Gasteiger partial charge in [0.2, 0.25) is 5.95 Å². The van der Waals surface area contributed by atoms with Gasteiger partial charge in [-0.05, 0) is 17.0 Å². The fraction of sp³-hybridized carbons (Fsp3) is 0.286. The molecule has 0 fully saturated rings. The minimum Gasteiger partial charge on any atom is -0.348 e. The predicted octanol–water partition coefficient (Wildman–Crippen LogP) is 6.15. The highest BCUT2D eigenvalue weighted by atomic mass is 19.4. The van der Waals surface area contributed by atoms with E-state index in [4.69, 9.17) is 9.97 Å². The number of aromatic nitrogens is 6. The molecule has 0 radical (unpaired) electrons. The molecule has 196 valence electrons. The van der Waals surface area contributed by atoms with E-state index in [1.807, 2.05) is 53.9 Å². The van der Waals surface area contributed by atoms with Gasteiger partial charge in [-0.25, -0.2) is 19.9 Å². The number of aryl methyl sites for hydroxylation is 1. The van der Waals surface area contributed by atoms with E-state index in [-0.39, 0.29) is 5.82 Å². The van der Waals surface area contributed by atoms with Crippen molar-refractivity contribution in [2.45, 2.75) is 32.5 Å². The summed E-state index contributed by atoms with van der Waals surface area (Å²) in [4.78, 5) is 20.0. The lowest BCUT2D eigenvalue weighted by Gasteiger charge is -2.15. The second kappa shape index (κ2) is 9.59. The van der Waals surface area contributed by atoms with Crippen LogP contribution < -0.4 is 4.90 Å². The van der Waals surface area contributed by atoms with Crippen LogP contribution in [0, 0.1) is 0 Å². The maximum atomic E-state index is 13.1. The summed E-state index contributed by atoms with van der Waals surface area (Å²) < 4.78 is 42.7. The van der Waals surface area contributed by atoms with Crippen molar-refractivity contribution in [2.75, 3.05) is 19.0 Å². The smallest absolute Gasteiger partial charge is 0.348 e. The van der Waals surface area contributed by atoms with Crippen molar-refractivity contribution in [1.82, 2.24) is 29.1 Å². The molecule has 10 heteroatoms. The summed E-state index contributed by atoms with van der Waals surface area (Å²) in [5, 5.41) is 0. The Hall–Kier alpha value is -4.21. The quantitative estimate of drug-likeness (QED) is 0.269. The molecule has 5 aromatic rings. The molecule has 0 saturated carbocycles. The van der Waals surface area contributed by atoms with E-state index in [0.29, 0.717) is 35.0 Å². The van der Waals surface area contributed by atoms with Crippen LogP contribution in [0.3, 0.4) is 0 Å². The average molecular weight is 520 g/mol. The summed E-state index contributed by atoms with van der Waals surface area (Å²) in [6.07, 6.45) is -1.74. The highest BCUT2D eigenvalue weighted by Gasteiger charge is 2.34. The van der Waals surface area contributed by atoms with Crippen LogP contribution in [-0.4, -0.2) is 43.2 Å². The zero-order valence-electron chi connectivity index (χ0n) is 21.8. The minimum absolute atomic E-state index is 0.257. The molecule has 0 spiro atoms. The van der Waals surface area contributed by atoms with Gasteiger partial charge in [-0.15, -0.1) is 0 Å². The van der Waals surface area contributed by atoms with Crippen LogP contribution in [0.15, 0.2) is 60.9 Å². The number of benzene rings is 2. The van der Waals surface area contributed by atoms with Gasteiger partial charge in [-0.3, -0.25) is 4.57 Å². The molecule has 0 N–H and O–H groups in total. The zero-order chi connectivity index (χ0) is 27.2. The van der Waals surface area contributed by atoms with E-state index < -0.39 is 11.9 Å². The van der Waals surface area contributed by atoms with E-state index in [0.717, 1.165) is 23.3 Å². The molecule has 0 bridgehead atoms. The van der Waals surface area contributed by atoms with E-state index in [9.17, 15) is 13.2 Å². The van der Waals surface area contributed by atoms with Gasteiger partial charge in [-0.2, -0.15) is 13.2 Å². The largest absolute Gasteiger partial charge is 0.434 e. The third-order valence-electron chi connectivity index (χ3n) is 6.41. The Balaban J connectivity index is 1.52. The number of anilines is 1. The summed E-state index contributed by atoms with van der Waals surface area (Å²) in [6.45, 7) is 4.76. The number of fused-ring (bicyclic) bond motifs is 1. The first-order valence-corrected chi connectivity index (χ1v) is 12.2. The summed E-state index contributed by atoms with van der Waals surface area (Å²) >= 11 is 0. The number of hydrogen-bond acceptors (Lipinski definition) is 5. The maximum Gasteiger partial charge on any atom is 0.434 e. The minimum atomic E-state index is -4.49. The molecule has 38 heavy (non-hydrogen) atoms. The Kier molecular flexibility index (Phi) is 6.42. The predicted molar refractivity (Wildman–Crippen MR) is 142 cm³/mol. The number of hydrogen-bond donors (Lipinski definition) is 0. The molecule has 3 heterocycles. The Bertz CT molecular complexity index is 1600. The fourth-order valence-corrected chi connectivity index (χ4v) is 4.54. The first kappa shape index (κ1) is 25.4. The standard InChI is InChI=1S/C28H28F3N7/c1-17(2)20-8-6-7-9-21(20)24-32-14-22-26(35-24)38(27(33-22)36(3)4)15-18-10-12-19(13-11-18)25-34-23(16-37(25)5)28(29,30)31/h6-14,16-17H,15H2,1-5H3. The van der Waals surface area contributed by atoms with Crippen LogP contribution in [-0.2, 0) is 19.8 Å². The van der Waals surface area contributed by atoms with Crippen molar-refractivity contribution in [3.05, 3.63) is 77.7 Å². The Morgan fingerprint density at radius 1 is 0.947 bits per heavy atom. The monoisotopic (exact) mass is 519 g/mol. The van der Waals surface area contributed by atoms with Gasteiger partial charge < -0.3 is 9.47 Å². The molecule has 0 amide bonds. The van der Waals surface area contributed by atoms with Crippen LogP contribution in [0.25, 0.3) is 33.9 Å². The molecule has 0 aliphatic heterocycles. The normalized spacial score (nSPS) is 12.0. The number of halogens is 3. The van der Waals surface area contributed by atoms with Gasteiger partial charge in [0, 0.05) is 38.5 Å². The highest BCUT2D eigenvalue weighted by molar-refractivity contribution is 5.77. The Morgan fingerprint density at radius 2 is 1.66 bits per heavy atom. The summed E-state index contributed by atoms with van der Waals surface area (Å²) in [6, 6.07) is 15.5. The Morgan fingerprint density at radius 3 is 2.29 bits per heavy atom. The van der Waals surface area contributed by atoms with E-state index in [1.54, 1.807) is 25.4 Å². The van der Waals surface area contributed by atoms with Crippen LogP contribution in [0.2, 0.25) is 0 Å². The summed E-state index contributed by atoms with van der Waals surface area (Å²) in [7, 11) is 5.40. The third-order valence-corrected chi connectivity index (χ3v) is 6.41. The second-order valence-electron chi connectivity index (χ2n) is 9.79. The van der Waals surface area contributed by atoms with Crippen LogP contribution in [0.4, 0.5) is 19.1 Å². The van der Waals surface area contributed by atoms with Crippen molar-refractivity contribution < 1.29 is 13.2 Å². The lowest BCUT2D eigenvalue weighted by molar-refractivity contribution is -0.140. The number of nitrogens with zero attached hydrogens (tertiary/aromatic N) is 7. The average Bonchev–Trinajstić information content (AvgIpc) is 3.45. The first-order chi connectivity index (χ1) is 18.0. The van der Waals surface area contributed by atoms with Gasteiger partial charge in [0.05, 0.1) is 12.7 Å². The van der Waals surface area contributed by atoms with E-state index in [2.05, 4.69) is 29.9 Å². The van der Waals surface area contributed by atoms with Crippen molar-refractivity contribution in [3.8, 4) is 22.8 Å². The molecule has 7 nitrogen and oxygen atoms in total. The van der Waals surface area contributed by atoms with Crippen LogP contribution in [0.5, 0.6) is 0 Å². The molecule has 0 saturated heterocycles. The molecular weight excluding hydrogens is 491 g/mol. The Labute approximate surface area is 218 Å². The SMILES string of the molecule is CC(C)c1ccccc1-c1ncc2nc(N(C)C)n(Cc3ccc(-c4nc(C(F)(F)F)cn4C)cc3)c2n1. The third kappa shape index (κ3) is 4.73. The molecule has 0 aliphatic rings. The van der Waals surface area contributed by atoms with Gasteiger partial charge in [-0.1, -0.05) is 62.4 Å². The summed E-state index contributed by atoms with van der Waals surface area (Å²) in [5.74, 6) is 1.94. The first-order valence-electron chi connectivity index (χ1n) is 12.2. The zero-order valence-corrected chi connectivity index (χ0v) is 21.8. The van der Waals surface area contributed by atoms with Crippen molar-refractivity contribution in [1.29, 1.82) is 0 Å². The van der Waals surface area contributed by atoms with Gasteiger partial charge in [0.25, 0.3) is 0 Å². The maximum absolute atomic E-state index is 13.1. The molecule has 0 unspecified atom stereocenters. The van der Waals surface area contributed by atoms with Crippen LogP contribution in [0.1, 0.15) is 36.6 Å². The molecule has 0 atom stereocenters. The van der Waals surface area contributed by atoms with Crippen LogP contribution >= 0.6 is 0 Å². The van der Waals surface area contributed by atoms with E-state index in [1.165, 1.54) is 10.1 Å². The second-order valence-corrected chi connectivity index (χ2v) is 9.79. The lowest BCUT2D eigenvalue weighted by atomic mass is 9.97. The molecule has 5 rings (SSSR count). The topological polar surface area (TPSA) is 64.7 Å². The van der Waals surface area contributed by atoms with Crippen molar-refractivity contribution >= 4 is 17.1 Å². The molecular formula is C28H28F3N7. The highest BCUT2D eigenvalue weighted by Crippen LogP contribution is 2.32. The number of rotatable bonds is 6.